The zero-order valence-corrected chi connectivity index (χ0v) is 11.6. The highest BCUT2D eigenvalue weighted by molar-refractivity contribution is 5.74. The minimum Gasteiger partial charge on any atom is -0.464 e. The third kappa shape index (κ3) is 4.00. The van der Waals surface area contributed by atoms with Crippen molar-refractivity contribution in [1.82, 2.24) is 4.57 Å². The number of aryl methyl sites for hydroxylation is 1. The Hall–Kier alpha value is -1.50. The second kappa shape index (κ2) is 6.78. The summed E-state index contributed by atoms with van der Waals surface area (Å²) in [6.07, 6.45) is -6.40. The summed E-state index contributed by atoms with van der Waals surface area (Å²) < 4.78 is 50.4. The molecule has 7 heteroatoms. The average Bonchev–Trinajstić information content (AvgIpc) is 2.75. The number of esters is 1. The SMILES string of the molecule is CCOC(=O)C(CC)OC(c1cccn1C)C(F)(F)F. The summed E-state index contributed by atoms with van der Waals surface area (Å²) in [5.74, 6) is -0.779. The molecule has 1 aromatic rings. The molecule has 114 valence electrons. The molecule has 20 heavy (non-hydrogen) atoms. The van der Waals surface area contributed by atoms with Crippen LogP contribution in [-0.2, 0) is 21.3 Å². The number of aromatic nitrogens is 1. The number of ether oxygens (including phenoxy) is 2. The molecular formula is C13H18F3NO3. The van der Waals surface area contributed by atoms with Crippen molar-refractivity contribution in [3.63, 3.8) is 0 Å². The number of hydrogen-bond donors (Lipinski definition) is 0. The van der Waals surface area contributed by atoms with E-state index in [1.54, 1.807) is 13.8 Å². The van der Waals surface area contributed by atoms with Crippen molar-refractivity contribution in [1.29, 1.82) is 0 Å². The van der Waals surface area contributed by atoms with Gasteiger partial charge in [-0.05, 0) is 25.5 Å². The Kier molecular flexibility index (Phi) is 5.62. The molecule has 0 aromatic carbocycles. The highest BCUT2D eigenvalue weighted by Gasteiger charge is 2.45. The van der Waals surface area contributed by atoms with Crippen LogP contribution in [0.1, 0.15) is 32.1 Å². The van der Waals surface area contributed by atoms with Crippen molar-refractivity contribution in [2.45, 2.75) is 38.7 Å². The molecule has 0 saturated heterocycles. The van der Waals surface area contributed by atoms with Crippen molar-refractivity contribution >= 4 is 5.97 Å². The first-order chi connectivity index (χ1) is 9.31. The van der Waals surface area contributed by atoms with E-state index in [-0.39, 0.29) is 18.7 Å². The van der Waals surface area contributed by atoms with Crippen molar-refractivity contribution < 1.29 is 27.4 Å². The Morgan fingerprint density at radius 3 is 2.45 bits per heavy atom. The summed E-state index contributed by atoms with van der Waals surface area (Å²) in [4.78, 5) is 11.6. The Balaban J connectivity index is 2.96. The van der Waals surface area contributed by atoms with Crippen LogP contribution < -0.4 is 0 Å². The van der Waals surface area contributed by atoms with Crippen LogP contribution in [0.4, 0.5) is 13.2 Å². The standard InChI is InChI=1S/C13H18F3NO3/c1-4-10(12(18)19-5-2)20-11(13(14,15)16)9-7-6-8-17(9)3/h6-8,10-11H,4-5H2,1-3H3. The number of nitrogens with zero attached hydrogens (tertiary/aromatic N) is 1. The zero-order chi connectivity index (χ0) is 15.3. The smallest absolute Gasteiger partial charge is 0.420 e. The van der Waals surface area contributed by atoms with E-state index in [1.165, 1.54) is 29.9 Å². The van der Waals surface area contributed by atoms with E-state index < -0.39 is 24.4 Å². The molecule has 0 fully saturated rings. The minimum atomic E-state index is -4.61. The lowest BCUT2D eigenvalue weighted by Gasteiger charge is -2.25. The first kappa shape index (κ1) is 16.6. The van der Waals surface area contributed by atoms with Gasteiger partial charge in [0, 0.05) is 13.2 Å². The quantitative estimate of drug-likeness (QED) is 0.757. The highest BCUT2D eigenvalue weighted by atomic mass is 19.4. The molecule has 0 spiro atoms. The van der Waals surface area contributed by atoms with Crippen molar-refractivity contribution in [2.75, 3.05) is 6.61 Å². The van der Waals surface area contributed by atoms with Gasteiger partial charge in [-0.1, -0.05) is 6.92 Å². The van der Waals surface area contributed by atoms with E-state index in [9.17, 15) is 18.0 Å². The lowest BCUT2D eigenvalue weighted by atomic mass is 10.2. The minimum absolute atomic E-state index is 0.0553. The van der Waals surface area contributed by atoms with Crippen molar-refractivity contribution in [3.05, 3.63) is 24.0 Å². The molecular weight excluding hydrogens is 275 g/mol. The molecule has 0 aliphatic heterocycles. The highest BCUT2D eigenvalue weighted by Crippen LogP contribution is 2.37. The Morgan fingerprint density at radius 2 is 2.05 bits per heavy atom. The number of alkyl halides is 3. The summed E-state index contributed by atoms with van der Waals surface area (Å²) >= 11 is 0. The second-order valence-corrected chi connectivity index (χ2v) is 4.25. The molecule has 1 aromatic heterocycles. The Morgan fingerprint density at radius 1 is 1.40 bits per heavy atom. The van der Waals surface area contributed by atoms with Crippen LogP contribution >= 0.6 is 0 Å². The number of halogens is 3. The van der Waals surface area contributed by atoms with Crippen LogP contribution in [0.15, 0.2) is 18.3 Å². The van der Waals surface area contributed by atoms with Crippen LogP contribution in [0.2, 0.25) is 0 Å². The molecule has 4 nitrogen and oxygen atoms in total. The molecule has 0 aliphatic rings. The van der Waals surface area contributed by atoms with Crippen molar-refractivity contribution in [2.24, 2.45) is 7.05 Å². The topological polar surface area (TPSA) is 40.5 Å². The van der Waals surface area contributed by atoms with Crippen molar-refractivity contribution in [3.8, 4) is 0 Å². The first-order valence-corrected chi connectivity index (χ1v) is 6.31. The lowest BCUT2D eigenvalue weighted by Crippen LogP contribution is -2.34. The van der Waals surface area contributed by atoms with E-state index in [2.05, 4.69) is 0 Å². The number of hydrogen-bond acceptors (Lipinski definition) is 3. The number of rotatable bonds is 6. The molecule has 0 aliphatic carbocycles. The summed E-state index contributed by atoms with van der Waals surface area (Å²) in [6.45, 7) is 3.25. The maximum absolute atomic E-state index is 13.1. The van der Waals surface area contributed by atoms with Gasteiger partial charge in [0.15, 0.2) is 12.2 Å². The van der Waals surface area contributed by atoms with Gasteiger partial charge in [-0.25, -0.2) is 4.79 Å². The van der Waals surface area contributed by atoms with E-state index in [0.717, 1.165) is 0 Å². The first-order valence-electron chi connectivity index (χ1n) is 6.31. The summed E-state index contributed by atoms with van der Waals surface area (Å²) in [6, 6.07) is 2.80. The number of carbonyl (C=O) groups is 1. The van der Waals surface area contributed by atoms with Gasteiger partial charge in [0.05, 0.1) is 12.3 Å². The van der Waals surface area contributed by atoms with E-state index in [1.807, 2.05) is 0 Å². The van der Waals surface area contributed by atoms with Crippen LogP contribution in [0.3, 0.4) is 0 Å². The zero-order valence-electron chi connectivity index (χ0n) is 11.6. The molecule has 2 unspecified atom stereocenters. The Bertz CT molecular complexity index is 442. The largest absolute Gasteiger partial charge is 0.464 e. The van der Waals surface area contributed by atoms with Gasteiger partial charge < -0.3 is 14.0 Å². The molecule has 0 N–H and O–H groups in total. The predicted molar refractivity (Wildman–Crippen MR) is 66.0 cm³/mol. The number of carbonyl (C=O) groups excluding carboxylic acids is 1. The van der Waals surface area contributed by atoms with Gasteiger partial charge in [-0.15, -0.1) is 0 Å². The molecule has 1 rings (SSSR count). The van der Waals surface area contributed by atoms with Gasteiger partial charge in [0.25, 0.3) is 0 Å². The monoisotopic (exact) mass is 293 g/mol. The van der Waals surface area contributed by atoms with Gasteiger partial charge in [0.1, 0.15) is 0 Å². The summed E-state index contributed by atoms with van der Waals surface area (Å²) in [5.41, 5.74) is -0.0553. The molecule has 0 amide bonds. The molecule has 1 heterocycles. The fourth-order valence-corrected chi connectivity index (χ4v) is 1.78. The second-order valence-electron chi connectivity index (χ2n) is 4.25. The molecule has 0 radical (unpaired) electrons. The maximum Gasteiger partial charge on any atom is 0.420 e. The van der Waals surface area contributed by atoms with Gasteiger partial charge in [0.2, 0.25) is 0 Å². The van der Waals surface area contributed by atoms with E-state index in [0.29, 0.717) is 0 Å². The summed E-state index contributed by atoms with van der Waals surface area (Å²) in [5, 5.41) is 0. The predicted octanol–water partition coefficient (Wildman–Crippen LogP) is 2.99. The van der Waals surface area contributed by atoms with Crippen LogP contribution in [-0.4, -0.2) is 29.4 Å². The Labute approximate surface area is 115 Å². The fourth-order valence-electron chi connectivity index (χ4n) is 1.78. The van der Waals surface area contributed by atoms with E-state index in [4.69, 9.17) is 9.47 Å². The third-order valence-electron chi connectivity index (χ3n) is 2.77. The van der Waals surface area contributed by atoms with Crippen LogP contribution in [0.25, 0.3) is 0 Å². The van der Waals surface area contributed by atoms with E-state index >= 15 is 0 Å². The average molecular weight is 293 g/mol. The summed E-state index contributed by atoms with van der Waals surface area (Å²) in [7, 11) is 1.49. The molecule has 0 saturated carbocycles. The lowest BCUT2D eigenvalue weighted by molar-refractivity contribution is -0.240. The normalized spacial score (nSPS) is 14.9. The molecule has 0 bridgehead atoms. The van der Waals surface area contributed by atoms with Crippen LogP contribution in [0, 0.1) is 0 Å². The third-order valence-corrected chi connectivity index (χ3v) is 2.77. The van der Waals surface area contributed by atoms with Gasteiger partial charge in [-0.3, -0.25) is 0 Å². The fraction of sp³-hybridized carbons (Fsp3) is 0.615. The molecule has 2 atom stereocenters. The van der Waals surface area contributed by atoms with Crippen LogP contribution in [0.5, 0.6) is 0 Å². The van der Waals surface area contributed by atoms with Gasteiger partial charge >= 0.3 is 12.1 Å². The van der Waals surface area contributed by atoms with Gasteiger partial charge in [-0.2, -0.15) is 13.2 Å². The maximum atomic E-state index is 13.1.